The molecule has 1 N–H and O–H groups in total. The first-order valence-electron chi connectivity index (χ1n) is 3.09. The van der Waals surface area contributed by atoms with Crippen molar-refractivity contribution in [2.45, 2.75) is 14.4 Å². The van der Waals surface area contributed by atoms with Gasteiger partial charge in [-0.15, -0.1) is 0 Å². The minimum Gasteiger partial charge on any atom is -0.358 e. The zero-order chi connectivity index (χ0) is 7.28. The molecule has 0 aromatic rings. The molecule has 0 atom stereocenters. The Morgan fingerprint density at radius 3 is 2.40 bits per heavy atom. The molecular weight excluding hydrogens is 128 g/mol. The molecule has 0 bridgehead atoms. The fourth-order valence-corrected chi connectivity index (χ4v) is 0.436. The minimum atomic E-state index is 0. The molecule has 0 heterocycles. The standard InChI is InChI=1S/C6H14N2O.CH4/c1-4-8(3)5-6(9)7-2;/h4-5H2,1-3H3,(H,7,9);1H4. The molecule has 0 radical (unpaired) electrons. The van der Waals surface area contributed by atoms with E-state index in [1.54, 1.807) is 7.05 Å². The molecule has 0 aromatic carbocycles. The number of carbonyl (C=O) groups is 1. The molecule has 0 aliphatic rings. The summed E-state index contributed by atoms with van der Waals surface area (Å²) >= 11 is 0. The second kappa shape index (κ2) is 6.55. The van der Waals surface area contributed by atoms with Gasteiger partial charge in [0.25, 0.3) is 0 Å². The normalized spacial score (nSPS) is 8.80. The molecule has 0 rings (SSSR count). The van der Waals surface area contributed by atoms with Gasteiger partial charge in [-0.1, -0.05) is 14.4 Å². The lowest BCUT2D eigenvalue weighted by molar-refractivity contribution is -0.121. The van der Waals surface area contributed by atoms with Crippen LogP contribution in [0.3, 0.4) is 0 Å². The summed E-state index contributed by atoms with van der Waals surface area (Å²) in [7, 11) is 3.56. The maximum atomic E-state index is 10.6. The third-order valence-electron chi connectivity index (χ3n) is 1.23. The van der Waals surface area contributed by atoms with Crippen LogP contribution in [0.25, 0.3) is 0 Å². The molecule has 0 aromatic heterocycles. The fraction of sp³-hybridized carbons (Fsp3) is 0.857. The molecule has 0 spiro atoms. The van der Waals surface area contributed by atoms with Crippen LogP contribution >= 0.6 is 0 Å². The van der Waals surface area contributed by atoms with Gasteiger partial charge in [-0.2, -0.15) is 0 Å². The molecule has 0 aliphatic carbocycles. The Morgan fingerprint density at radius 2 is 2.10 bits per heavy atom. The number of nitrogens with one attached hydrogen (secondary N) is 1. The van der Waals surface area contributed by atoms with Crippen LogP contribution in [0.1, 0.15) is 14.4 Å². The van der Waals surface area contributed by atoms with Gasteiger partial charge in [0, 0.05) is 7.05 Å². The van der Waals surface area contributed by atoms with Crippen molar-refractivity contribution >= 4 is 5.91 Å². The summed E-state index contributed by atoms with van der Waals surface area (Å²) in [6, 6.07) is 0. The largest absolute Gasteiger partial charge is 0.358 e. The molecule has 0 unspecified atom stereocenters. The summed E-state index contributed by atoms with van der Waals surface area (Å²) in [5.41, 5.74) is 0. The van der Waals surface area contributed by atoms with Crippen molar-refractivity contribution in [1.29, 1.82) is 0 Å². The lowest BCUT2D eigenvalue weighted by Crippen LogP contribution is -2.32. The first-order valence-corrected chi connectivity index (χ1v) is 3.09. The second-order valence-electron chi connectivity index (χ2n) is 2.00. The van der Waals surface area contributed by atoms with Gasteiger partial charge in [-0.05, 0) is 13.6 Å². The van der Waals surface area contributed by atoms with Gasteiger partial charge in [0.15, 0.2) is 0 Å². The van der Waals surface area contributed by atoms with Crippen LogP contribution in [0.4, 0.5) is 0 Å². The minimum absolute atomic E-state index is 0. The van der Waals surface area contributed by atoms with Crippen LogP contribution in [0.2, 0.25) is 0 Å². The molecule has 0 saturated heterocycles. The van der Waals surface area contributed by atoms with Gasteiger partial charge in [0.2, 0.25) is 5.91 Å². The van der Waals surface area contributed by atoms with E-state index in [2.05, 4.69) is 5.32 Å². The van der Waals surface area contributed by atoms with Gasteiger partial charge in [0.05, 0.1) is 6.54 Å². The molecule has 0 saturated carbocycles. The number of likely N-dealkylation sites (N-methyl/N-ethyl adjacent to an activating group) is 2. The predicted molar refractivity (Wildman–Crippen MR) is 44.0 cm³/mol. The lowest BCUT2D eigenvalue weighted by Gasteiger charge is -2.11. The van der Waals surface area contributed by atoms with Gasteiger partial charge in [-0.3, -0.25) is 9.69 Å². The van der Waals surface area contributed by atoms with Crippen LogP contribution in [-0.4, -0.2) is 38.0 Å². The zero-order valence-corrected chi connectivity index (χ0v) is 6.27. The quantitative estimate of drug-likeness (QED) is 0.622. The topological polar surface area (TPSA) is 32.3 Å². The Hall–Kier alpha value is -0.570. The lowest BCUT2D eigenvalue weighted by atomic mass is 10.5. The fourth-order valence-electron chi connectivity index (χ4n) is 0.436. The maximum absolute atomic E-state index is 10.6. The monoisotopic (exact) mass is 146 g/mol. The number of amides is 1. The Bertz CT molecular complexity index is 93.6. The first-order chi connectivity index (χ1) is 4.20. The van der Waals surface area contributed by atoms with E-state index in [-0.39, 0.29) is 13.3 Å². The first kappa shape index (κ1) is 12.1. The van der Waals surface area contributed by atoms with Crippen molar-refractivity contribution in [3.63, 3.8) is 0 Å². The smallest absolute Gasteiger partial charge is 0.233 e. The molecule has 10 heavy (non-hydrogen) atoms. The van der Waals surface area contributed by atoms with Crippen LogP contribution in [-0.2, 0) is 4.79 Å². The molecule has 3 nitrogen and oxygen atoms in total. The van der Waals surface area contributed by atoms with Crippen LogP contribution in [0.5, 0.6) is 0 Å². The van der Waals surface area contributed by atoms with Gasteiger partial charge < -0.3 is 5.32 Å². The third kappa shape index (κ3) is 5.56. The maximum Gasteiger partial charge on any atom is 0.233 e. The number of hydrogen-bond acceptors (Lipinski definition) is 2. The summed E-state index contributed by atoms with van der Waals surface area (Å²) in [6.07, 6.45) is 0. The average Bonchev–Trinajstić information content (AvgIpc) is 1.87. The van der Waals surface area contributed by atoms with Crippen molar-refractivity contribution in [3.05, 3.63) is 0 Å². The van der Waals surface area contributed by atoms with Crippen molar-refractivity contribution in [2.24, 2.45) is 0 Å². The predicted octanol–water partition coefficient (Wildman–Crippen LogP) is 0.320. The highest BCUT2D eigenvalue weighted by Gasteiger charge is 1.99. The highest BCUT2D eigenvalue weighted by atomic mass is 16.1. The molecule has 0 fully saturated rings. The highest BCUT2D eigenvalue weighted by molar-refractivity contribution is 5.77. The number of hydrogen-bond donors (Lipinski definition) is 1. The number of nitrogens with zero attached hydrogens (tertiary/aromatic N) is 1. The van der Waals surface area contributed by atoms with Crippen LogP contribution in [0.15, 0.2) is 0 Å². The van der Waals surface area contributed by atoms with Crippen LogP contribution < -0.4 is 5.32 Å². The van der Waals surface area contributed by atoms with Gasteiger partial charge >= 0.3 is 0 Å². The van der Waals surface area contributed by atoms with Crippen LogP contribution in [0, 0.1) is 0 Å². The van der Waals surface area contributed by atoms with E-state index in [0.29, 0.717) is 6.54 Å². The molecule has 1 amide bonds. The van der Waals surface area contributed by atoms with Crippen molar-refractivity contribution in [2.75, 3.05) is 27.2 Å². The zero-order valence-electron chi connectivity index (χ0n) is 6.27. The van der Waals surface area contributed by atoms with E-state index in [0.717, 1.165) is 6.54 Å². The Labute approximate surface area is 63.4 Å². The molecule has 62 valence electrons. The van der Waals surface area contributed by atoms with E-state index < -0.39 is 0 Å². The Kier molecular flexibility index (Phi) is 7.95. The van der Waals surface area contributed by atoms with E-state index in [1.807, 2.05) is 18.9 Å². The highest BCUT2D eigenvalue weighted by Crippen LogP contribution is 1.77. The van der Waals surface area contributed by atoms with E-state index in [9.17, 15) is 4.79 Å². The van der Waals surface area contributed by atoms with Gasteiger partial charge in [0.1, 0.15) is 0 Å². The number of rotatable bonds is 3. The summed E-state index contributed by atoms with van der Waals surface area (Å²) in [5, 5.41) is 2.55. The molecular formula is C7H18N2O. The van der Waals surface area contributed by atoms with Gasteiger partial charge in [-0.25, -0.2) is 0 Å². The third-order valence-corrected chi connectivity index (χ3v) is 1.23. The van der Waals surface area contributed by atoms with E-state index >= 15 is 0 Å². The summed E-state index contributed by atoms with van der Waals surface area (Å²) in [6.45, 7) is 3.42. The Balaban J connectivity index is 0. The van der Waals surface area contributed by atoms with Crippen molar-refractivity contribution in [3.8, 4) is 0 Å². The summed E-state index contributed by atoms with van der Waals surface area (Å²) < 4.78 is 0. The SMILES string of the molecule is C.CCN(C)CC(=O)NC. The molecule has 3 heteroatoms. The van der Waals surface area contributed by atoms with E-state index in [1.165, 1.54) is 0 Å². The Morgan fingerprint density at radius 1 is 1.60 bits per heavy atom. The molecule has 0 aliphatic heterocycles. The summed E-state index contributed by atoms with van der Waals surface area (Å²) in [4.78, 5) is 12.6. The summed E-state index contributed by atoms with van der Waals surface area (Å²) in [5.74, 6) is 0.0688. The van der Waals surface area contributed by atoms with Crippen molar-refractivity contribution < 1.29 is 4.79 Å². The second-order valence-corrected chi connectivity index (χ2v) is 2.00. The van der Waals surface area contributed by atoms with Crippen molar-refractivity contribution in [1.82, 2.24) is 10.2 Å². The number of carbonyl (C=O) groups excluding carboxylic acids is 1. The average molecular weight is 146 g/mol. The van der Waals surface area contributed by atoms with E-state index in [4.69, 9.17) is 0 Å².